The van der Waals surface area contributed by atoms with E-state index < -0.39 is 17.3 Å². The number of carbonyl (C=O) groups is 1. The lowest BCUT2D eigenvalue weighted by atomic mass is 9.91. The van der Waals surface area contributed by atoms with Crippen molar-refractivity contribution in [1.29, 1.82) is 0 Å². The Morgan fingerprint density at radius 1 is 1.18 bits per heavy atom. The van der Waals surface area contributed by atoms with Crippen LogP contribution in [0.4, 0.5) is 35.4 Å². The second kappa shape index (κ2) is 8.94. The lowest BCUT2D eigenvalue weighted by Crippen LogP contribution is -2.34. The lowest BCUT2D eigenvalue weighted by Gasteiger charge is -2.27. The first-order valence-electron chi connectivity index (χ1n) is 11.1. The molecule has 2 atom stereocenters. The van der Waals surface area contributed by atoms with E-state index >= 15 is 0 Å². The molecule has 1 aromatic carbocycles. The average molecular weight is 480 g/mol. The molecule has 2 aliphatic heterocycles. The number of methoxy groups -OCH3 is 1. The highest BCUT2D eigenvalue weighted by Crippen LogP contribution is 2.54. The van der Waals surface area contributed by atoms with E-state index in [9.17, 15) is 18.0 Å². The minimum Gasteiger partial charge on any atom is -0.444 e. The van der Waals surface area contributed by atoms with Gasteiger partial charge in [0.2, 0.25) is 5.95 Å². The van der Waals surface area contributed by atoms with E-state index in [2.05, 4.69) is 20.6 Å². The van der Waals surface area contributed by atoms with Crippen LogP contribution in [-0.2, 0) is 15.7 Å². The largest absolute Gasteiger partial charge is 0.444 e. The molecule has 11 heteroatoms. The van der Waals surface area contributed by atoms with Crippen molar-refractivity contribution in [2.75, 3.05) is 30.9 Å². The van der Waals surface area contributed by atoms with Crippen LogP contribution >= 0.6 is 0 Å². The lowest BCUT2D eigenvalue weighted by molar-refractivity contribution is -0.137. The van der Waals surface area contributed by atoms with Gasteiger partial charge in [-0.15, -0.1) is 0 Å². The van der Waals surface area contributed by atoms with Gasteiger partial charge >= 0.3 is 12.3 Å². The minimum absolute atomic E-state index is 0.0278. The van der Waals surface area contributed by atoms with E-state index in [-0.39, 0.29) is 43.1 Å². The van der Waals surface area contributed by atoms with E-state index in [1.54, 1.807) is 4.90 Å². The molecule has 34 heavy (non-hydrogen) atoms. The van der Waals surface area contributed by atoms with Crippen molar-refractivity contribution in [2.45, 2.75) is 57.5 Å². The zero-order valence-electron chi connectivity index (χ0n) is 19.5. The molecule has 2 bridgehead atoms. The van der Waals surface area contributed by atoms with Crippen LogP contribution in [0.15, 0.2) is 24.4 Å². The zero-order chi connectivity index (χ0) is 24.7. The van der Waals surface area contributed by atoms with Gasteiger partial charge in [-0.05, 0) is 56.9 Å². The summed E-state index contributed by atoms with van der Waals surface area (Å²) < 4.78 is 50.5. The predicted octanol–water partition coefficient (Wildman–Crippen LogP) is 5.42. The smallest absolute Gasteiger partial charge is 0.421 e. The number of nitrogens with zero attached hydrogens (tertiary/aromatic N) is 3. The standard InChI is InChI=1S/C23H28F3N5O3/c1-22(2,3)34-21(32)31-17-7-8-18(31)15-11-13(5-6-14(15)17)29-20-28-12-16(23(24,25)26)19(30-20)27-9-10-33-4/h5-6,11-12,17-18H,7-10H2,1-4H3,(H2,27,28,29,30)/t17-,18+/m0/s1. The van der Waals surface area contributed by atoms with Gasteiger partial charge in [0.15, 0.2) is 0 Å². The Kier molecular flexibility index (Phi) is 6.32. The molecule has 2 aromatic rings. The number of aromatic nitrogens is 2. The van der Waals surface area contributed by atoms with Crippen LogP contribution in [0.25, 0.3) is 0 Å². The van der Waals surface area contributed by atoms with Gasteiger partial charge < -0.3 is 20.1 Å². The van der Waals surface area contributed by atoms with Gasteiger partial charge in [0.05, 0.1) is 18.7 Å². The molecule has 1 aromatic heterocycles. The molecule has 8 nitrogen and oxygen atoms in total. The number of alkyl halides is 3. The van der Waals surface area contributed by atoms with Gasteiger partial charge in [-0.1, -0.05) is 6.07 Å². The van der Waals surface area contributed by atoms with Gasteiger partial charge in [-0.3, -0.25) is 4.90 Å². The van der Waals surface area contributed by atoms with Gasteiger partial charge in [0, 0.05) is 25.5 Å². The maximum atomic E-state index is 13.3. The van der Waals surface area contributed by atoms with Crippen molar-refractivity contribution < 1.29 is 27.4 Å². The highest BCUT2D eigenvalue weighted by atomic mass is 19.4. The van der Waals surface area contributed by atoms with E-state index in [0.717, 1.165) is 30.2 Å². The number of nitrogens with one attached hydrogen (secondary N) is 2. The fourth-order valence-corrected chi connectivity index (χ4v) is 4.42. The summed E-state index contributed by atoms with van der Waals surface area (Å²) in [5.41, 5.74) is 1.14. The maximum absolute atomic E-state index is 13.3. The van der Waals surface area contributed by atoms with Gasteiger partial charge in [0.25, 0.3) is 0 Å². The average Bonchev–Trinajstić information content (AvgIpc) is 3.29. The third-order valence-electron chi connectivity index (χ3n) is 5.74. The zero-order valence-corrected chi connectivity index (χ0v) is 19.5. The van der Waals surface area contributed by atoms with Crippen LogP contribution in [0.2, 0.25) is 0 Å². The van der Waals surface area contributed by atoms with Crippen molar-refractivity contribution >= 4 is 23.5 Å². The van der Waals surface area contributed by atoms with E-state index in [4.69, 9.17) is 9.47 Å². The Balaban J connectivity index is 1.55. The SMILES string of the molecule is COCCNc1nc(Nc2ccc3c(c2)[C@H]2CC[C@@H]3N2C(=O)OC(C)(C)C)ncc1C(F)(F)F. The maximum Gasteiger partial charge on any atom is 0.421 e. The third-order valence-corrected chi connectivity index (χ3v) is 5.74. The second-order valence-corrected chi connectivity index (χ2v) is 9.34. The molecule has 0 spiro atoms. The molecular formula is C23H28F3N5O3. The summed E-state index contributed by atoms with van der Waals surface area (Å²) in [5.74, 6) is -0.293. The third kappa shape index (κ3) is 4.89. The summed E-state index contributed by atoms with van der Waals surface area (Å²) in [7, 11) is 1.46. The summed E-state index contributed by atoms with van der Waals surface area (Å²) >= 11 is 0. The van der Waals surface area contributed by atoms with Crippen LogP contribution in [-0.4, -0.2) is 46.8 Å². The first-order valence-corrected chi connectivity index (χ1v) is 11.1. The Hall–Kier alpha value is -3.08. The van der Waals surface area contributed by atoms with Gasteiger partial charge in [-0.2, -0.15) is 18.2 Å². The van der Waals surface area contributed by atoms with Crippen LogP contribution in [0.5, 0.6) is 0 Å². The molecule has 0 radical (unpaired) electrons. The van der Waals surface area contributed by atoms with E-state index in [1.165, 1.54) is 7.11 Å². The molecule has 2 aliphatic rings. The summed E-state index contributed by atoms with van der Waals surface area (Å²) in [6.45, 7) is 5.89. The molecule has 0 saturated carbocycles. The first kappa shape index (κ1) is 24.1. The number of halogens is 3. The predicted molar refractivity (Wildman–Crippen MR) is 120 cm³/mol. The van der Waals surface area contributed by atoms with Crippen LogP contribution in [0.1, 0.15) is 62.4 Å². The molecule has 184 valence electrons. The summed E-state index contributed by atoms with van der Waals surface area (Å²) in [6.07, 6.45) is -2.49. The number of hydrogen-bond donors (Lipinski definition) is 2. The number of carbonyl (C=O) groups excluding carboxylic acids is 1. The Bertz CT molecular complexity index is 1070. The number of fused-ring (bicyclic) bond motifs is 5. The van der Waals surface area contributed by atoms with Crippen molar-refractivity contribution in [3.63, 3.8) is 0 Å². The molecule has 0 unspecified atom stereocenters. The van der Waals surface area contributed by atoms with Crippen molar-refractivity contribution in [1.82, 2.24) is 14.9 Å². The molecule has 0 aliphatic carbocycles. The second-order valence-electron chi connectivity index (χ2n) is 9.34. The Labute approximate surface area is 195 Å². The highest BCUT2D eigenvalue weighted by molar-refractivity contribution is 5.73. The molecule has 3 heterocycles. The van der Waals surface area contributed by atoms with Crippen LogP contribution < -0.4 is 10.6 Å². The highest BCUT2D eigenvalue weighted by Gasteiger charge is 2.48. The number of anilines is 3. The van der Waals surface area contributed by atoms with E-state index in [0.29, 0.717) is 5.69 Å². The molecule has 1 saturated heterocycles. The fourth-order valence-electron chi connectivity index (χ4n) is 4.42. The van der Waals surface area contributed by atoms with Crippen molar-refractivity contribution in [3.8, 4) is 0 Å². The monoisotopic (exact) mass is 479 g/mol. The minimum atomic E-state index is -4.59. The number of amides is 1. The van der Waals surface area contributed by atoms with Crippen molar-refractivity contribution in [2.24, 2.45) is 0 Å². The normalized spacial score (nSPS) is 19.2. The quantitative estimate of drug-likeness (QED) is 0.535. The number of hydrogen-bond acceptors (Lipinski definition) is 7. The topological polar surface area (TPSA) is 88.6 Å². The molecule has 2 N–H and O–H groups in total. The number of rotatable bonds is 6. The summed E-state index contributed by atoms with van der Waals surface area (Å²) in [5, 5.41) is 5.64. The van der Waals surface area contributed by atoms with Gasteiger partial charge in [0.1, 0.15) is 17.0 Å². The molecule has 1 fully saturated rings. The van der Waals surface area contributed by atoms with E-state index in [1.807, 2.05) is 39.0 Å². The number of ether oxygens (including phenoxy) is 2. The first-order chi connectivity index (χ1) is 16.0. The molecule has 1 amide bonds. The molecular weight excluding hydrogens is 451 g/mol. The van der Waals surface area contributed by atoms with Crippen LogP contribution in [0.3, 0.4) is 0 Å². The number of benzene rings is 1. The van der Waals surface area contributed by atoms with Crippen molar-refractivity contribution in [3.05, 3.63) is 41.1 Å². The molecule has 4 rings (SSSR count). The summed E-state index contributed by atoms with van der Waals surface area (Å²) in [4.78, 5) is 22.5. The Morgan fingerprint density at radius 2 is 1.88 bits per heavy atom. The Morgan fingerprint density at radius 3 is 2.53 bits per heavy atom. The van der Waals surface area contributed by atoms with Gasteiger partial charge in [-0.25, -0.2) is 9.78 Å². The fraction of sp³-hybridized carbons (Fsp3) is 0.522. The summed E-state index contributed by atoms with van der Waals surface area (Å²) in [6, 6.07) is 5.50. The van der Waals surface area contributed by atoms with Crippen LogP contribution in [0, 0.1) is 0 Å².